The second-order valence-electron chi connectivity index (χ2n) is 10.7. The number of fused-ring (bicyclic) bond motifs is 1. The molecule has 0 saturated carbocycles. The molecule has 2 aliphatic rings. The predicted molar refractivity (Wildman–Crippen MR) is 145 cm³/mol. The highest BCUT2D eigenvalue weighted by atomic mass is 15.2. The highest BCUT2D eigenvalue weighted by Crippen LogP contribution is 2.37. The highest BCUT2D eigenvalue weighted by molar-refractivity contribution is 5.85. The number of aromatic nitrogens is 1. The number of rotatable bonds is 7. The Bertz CT molecular complexity index is 1140. The van der Waals surface area contributed by atoms with Crippen LogP contribution in [0.4, 0.5) is 5.69 Å². The minimum absolute atomic E-state index is 0.363. The zero-order valence-electron chi connectivity index (χ0n) is 21.3. The van der Waals surface area contributed by atoms with Gasteiger partial charge >= 0.3 is 0 Å². The van der Waals surface area contributed by atoms with E-state index in [1.165, 1.54) is 67.4 Å². The van der Waals surface area contributed by atoms with Crippen molar-refractivity contribution in [1.29, 1.82) is 5.26 Å². The molecule has 2 aromatic carbocycles. The summed E-state index contributed by atoms with van der Waals surface area (Å²) in [6.07, 6.45) is 9.69. The van der Waals surface area contributed by atoms with Crippen LogP contribution in [0, 0.1) is 11.3 Å². The van der Waals surface area contributed by atoms with Crippen molar-refractivity contribution in [3.63, 3.8) is 0 Å². The van der Waals surface area contributed by atoms with E-state index in [4.69, 9.17) is 0 Å². The molecule has 5 heteroatoms. The minimum Gasteiger partial charge on any atom is -0.372 e. The molecule has 5 rings (SSSR count). The lowest BCUT2D eigenvalue weighted by atomic mass is 9.87. The van der Waals surface area contributed by atoms with Crippen LogP contribution in [0.15, 0.2) is 48.7 Å². The third-order valence-corrected chi connectivity index (χ3v) is 8.11. The summed E-state index contributed by atoms with van der Waals surface area (Å²) in [4.78, 5) is 11.0. The standard InChI is InChI=1S/C30H39N5/c1-33(2)17-14-30(28-22-32-29-11-6-23(21-31)20-27(28)29)35-18-12-25(13-19-35)24-7-9-26(10-8-24)34-15-4-3-5-16-34/h6-11,20,22,25,30,32H,3-5,12-19H2,1-2H3. The number of nitrogens with zero attached hydrogens (tertiary/aromatic N) is 4. The van der Waals surface area contributed by atoms with E-state index in [-0.39, 0.29) is 0 Å². The fourth-order valence-corrected chi connectivity index (χ4v) is 6.06. The lowest BCUT2D eigenvalue weighted by Gasteiger charge is -2.38. The average molecular weight is 470 g/mol. The summed E-state index contributed by atoms with van der Waals surface area (Å²) in [5.41, 5.74) is 6.09. The molecule has 2 saturated heterocycles. The summed E-state index contributed by atoms with van der Waals surface area (Å²) in [7, 11) is 4.31. The average Bonchev–Trinajstić information content (AvgIpc) is 3.32. The van der Waals surface area contributed by atoms with Crippen LogP contribution in [0.2, 0.25) is 0 Å². The fourth-order valence-electron chi connectivity index (χ4n) is 6.06. The van der Waals surface area contributed by atoms with E-state index in [9.17, 15) is 5.26 Å². The van der Waals surface area contributed by atoms with Gasteiger partial charge in [-0.1, -0.05) is 12.1 Å². The SMILES string of the molecule is CN(C)CCC(c1c[nH]c2ccc(C#N)cc12)N1CCC(c2ccc(N3CCCCC3)cc2)CC1. The maximum atomic E-state index is 9.44. The molecule has 1 aromatic heterocycles. The predicted octanol–water partition coefficient (Wildman–Crippen LogP) is 5.90. The Hall–Kier alpha value is -2.81. The Morgan fingerprint density at radius 3 is 2.43 bits per heavy atom. The molecule has 184 valence electrons. The Labute approximate surface area is 210 Å². The van der Waals surface area contributed by atoms with Crippen molar-refractivity contribution >= 4 is 16.6 Å². The van der Waals surface area contributed by atoms with Crippen molar-refractivity contribution < 1.29 is 0 Å². The Kier molecular flexibility index (Phi) is 7.41. The molecule has 1 unspecified atom stereocenters. The number of nitrogens with one attached hydrogen (secondary N) is 1. The third kappa shape index (κ3) is 5.39. The van der Waals surface area contributed by atoms with Crippen LogP contribution in [-0.2, 0) is 0 Å². The van der Waals surface area contributed by atoms with E-state index in [1.807, 2.05) is 12.1 Å². The fraction of sp³-hybridized carbons (Fsp3) is 0.500. The molecule has 1 N–H and O–H groups in total. The van der Waals surface area contributed by atoms with Crippen LogP contribution in [0.3, 0.4) is 0 Å². The minimum atomic E-state index is 0.363. The van der Waals surface area contributed by atoms with Crippen molar-refractivity contribution in [2.45, 2.75) is 50.5 Å². The quantitative estimate of drug-likeness (QED) is 0.468. The number of hydrogen-bond donors (Lipinski definition) is 1. The number of likely N-dealkylation sites (tertiary alicyclic amines) is 1. The molecule has 0 radical (unpaired) electrons. The van der Waals surface area contributed by atoms with E-state index in [2.05, 4.69) is 76.4 Å². The van der Waals surface area contributed by atoms with Crippen molar-refractivity contribution in [3.05, 3.63) is 65.4 Å². The topological polar surface area (TPSA) is 49.3 Å². The van der Waals surface area contributed by atoms with Crippen LogP contribution in [0.1, 0.15) is 67.2 Å². The Balaban J connectivity index is 1.29. The first-order valence-corrected chi connectivity index (χ1v) is 13.4. The maximum absolute atomic E-state index is 9.44. The second kappa shape index (κ2) is 10.8. The van der Waals surface area contributed by atoms with Gasteiger partial charge in [-0.2, -0.15) is 5.26 Å². The zero-order valence-corrected chi connectivity index (χ0v) is 21.3. The summed E-state index contributed by atoms with van der Waals surface area (Å²) in [6.45, 7) is 5.68. The third-order valence-electron chi connectivity index (χ3n) is 8.11. The van der Waals surface area contributed by atoms with Gasteiger partial charge in [-0.3, -0.25) is 4.90 Å². The largest absolute Gasteiger partial charge is 0.372 e. The summed E-state index contributed by atoms with van der Waals surface area (Å²) in [5.74, 6) is 0.643. The number of anilines is 1. The van der Waals surface area contributed by atoms with E-state index in [0.717, 1.165) is 37.1 Å². The summed E-state index contributed by atoms with van der Waals surface area (Å²) < 4.78 is 0. The van der Waals surface area contributed by atoms with Gasteiger partial charge in [0, 0.05) is 41.9 Å². The smallest absolute Gasteiger partial charge is 0.0991 e. The van der Waals surface area contributed by atoms with Gasteiger partial charge in [0.2, 0.25) is 0 Å². The highest BCUT2D eigenvalue weighted by Gasteiger charge is 2.28. The Morgan fingerprint density at radius 1 is 1.00 bits per heavy atom. The van der Waals surface area contributed by atoms with Gasteiger partial charge in [0.05, 0.1) is 11.6 Å². The summed E-state index contributed by atoms with van der Waals surface area (Å²) in [5, 5.41) is 10.6. The molecular formula is C30H39N5. The van der Waals surface area contributed by atoms with Crippen molar-refractivity contribution in [3.8, 4) is 6.07 Å². The van der Waals surface area contributed by atoms with Gasteiger partial charge in [-0.15, -0.1) is 0 Å². The second-order valence-corrected chi connectivity index (χ2v) is 10.7. The van der Waals surface area contributed by atoms with Crippen LogP contribution in [0.5, 0.6) is 0 Å². The molecule has 0 bridgehead atoms. The number of hydrogen-bond acceptors (Lipinski definition) is 4. The number of nitriles is 1. The first-order chi connectivity index (χ1) is 17.1. The molecule has 0 spiro atoms. The molecule has 1 atom stereocenters. The number of piperidine rings is 2. The molecule has 3 heterocycles. The van der Waals surface area contributed by atoms with Gasteiger partial charge in [-0.05, 0) is 120 Å². The van der Waals surface area contributed by atoms with Crippen LogP contribution in [0.25, 0.3) is 10.9 Å². The zero-order chi connectivity index (χ0) is 24.2. The lowest BCUT2D eigenvalue weighted by Crippen LogP contribution is -2.37. The number of aromatic amines is 1. The van der Waals surface area contributed by atoms with Gasteiger partial charge < -0.3 is 14.8 Å². The molecular weight excluding hydrogens is 430 g/mol. The number of H-pyrrole nitrogens is 1. The number of benzene rings is 2. The molecule has 0 aliphatic carbocycles. The van der Waals surface area contributed by atoms with Crippen molar-refractivity contribution in [1.82, 2.24) is 14.8 Å². The van der Waals surface area contributed by atoms with E-state index in [1.54, 1.807) is 0 Å². The Morgan fingerprint density at radius 2 is 1.74 bits per heavy atom. The molecule has 5 nitrogen and oxygen atoms in total. The summed E-state index contributed by atoms with van der Waals surface area (Å²) >= 11 is 0. The monoisotopic (exact) mass is 469 g/mol. The van der Waals surface area contributed by atoms with Crippen LogP contribution < -0.4 is 4.90 Å². The normalized spacial score (nSPS) is 18.7. The maximum Gasteiger partial charge on any atom is 0.0991 e. The summed E-state index contributed by atoms with van der Waals surface area (Å²) in [6, 6.07) is 18.2. The van der Waals surface area contributed by atoms with Gasteiger partial charge in [0.15, 0.2) is 0 Å². The van der Waals surface area contributed by atoms with Gasteiger partial charge in [0.25, 0.3) is 0 Å². The van der Waals surface area contributed by atoms with Crippen molar-refractivity contribution in [2.24, 2.45) is 0 Å². The first-order valence-electron chi connectivity index (χ1n) is 13.4. The van der Waals surface area contributed by atoms with Crippen LogP contribution in [-0.4, -0.2) is 61.6 Å². The van der Waals surface area contributed by atoms with Crippen molar-refractivity contribution in [2.75, 3.05) is 51.7 Å². The molecule has 2 aliphatic heterocycles. The van der Waals surface area contributed by atoms with E-state index < -0.39 is 0 Å². The van der Waals surface area contributed by atoms with E-state index in [0.29, 0.717) is 12.0 Å². The van der Waals surface area contributed by atoms with Gasteiger partial charge in [0.1, 0.15) is 0 Å². The lowest BCUT2D eigenvalue weighted by molar-refractivity contribution is 0.138. The molecule has 2 fully saturated rings. The van der Waals surface area contributed by atoms with Gasteiger partial charge in [-0.25, -0.2) is 0 Å². The van der Waals surface area contributed by atoms with E-state index >= 15 is 0 Å². The molecule has 3 aromatic rings. The molecule has 35 heavy (non-hydrogen) atoms. The van der Waals surface area contributed by atoms with Crippen LogP contribution >= 0.6 is 0 Å². The first kappa shape index (κ1) is 23.9. The molecule has 0 amide bonds.